The van der Waals surface area contributed by atoms with Crippen LogP contribution in [0.3, 0.4) is 0 Å². The summed E-state index contributed by atoms with van der Waals surface area (Å²) < 4.78 is 15.9. The third-order valence-corrected chi connectivity index (χ3v) is 2.99. The Morgan fingerprint density at radius 3 is 2.61 bits per heavy atom. The van der Waals surface area contributed by atoms with Crippen LogP contribution in [0.5, 0.6) is 0 Å². The van der Waals surface area contributed by atoms with Gasteiger partial charge in [0.2, 0.25) is 0 Å². The normalized spacial score (nSPS) is 31.7. The molecule has 1 aromatic rings. The molecule has 0 aliphatic carbocycles. The van der Waals surface area contributed by atoms with Crippen molar-refractivity contribution in [3.63, 3.8) is 0 Å². The van der Waals surface area contributed by atoms with Gasteiger partial charge in [0.1, 0.15) is 18.3 Å². The smallest absolute Gasteiger partial charge is 0.186 e. The Hall–Kier alpha value is -0.980. The summed E-state index contributed by atoms with van der Waals surface area (Å²) in [4.78, 5) is 0. The van der Waals surface area contributed by atoms with Gasteiger partial charge in [0.15, 0.2) is 6.29 Å². The summed E-state index contributed by atoms with van der Waals surface area (Å²) in [7, 11) is 1.45. The molecule has 100 valence electrons. The molecule has 0 amide bonds. The van der Waals surface area contributed by atoms with Gasteiger partial charge in [0.25, 0.3) is 0 Å². The van der Waals surface area contributed by atoms with Crippen LogP contribution < -0.4 is 0 Å². The van der Waals surface area contributed by atoms with Gasteiger partial charge in [-0.15, -0.1) is 0 Å². The van der Waals surface area contributed by atoms with Crippen molar-refractivity contribution in [3.05, 3.63) is 35.9 Å². The summed E-state index contributed by atoms with van der Waals surface area (Å²) in [6.07, 6.45) is -2.78. The zero-order valence-corrected chi connectivity index (χ0v) is 10.2. The second kappa shape index (κ2) is 6.26. The second-order valence-electron chi connectivity index (χ2n) is 4.21. The third-order valence-electron chi connectivity index (χ3n) is 2.99. The largest absolute Gasteiger partial charge is 0.394 e. The number of hydrogen-bond donors (Lipinski definition) is 2. The van der Waals surface area contributed by atoms with Gasteiger partial charge >= 0.3 is 0 Å². The van der Waals surface area contributed by atoms with Crippen LogP contribution in [0.15, 0.2) is 30.3 Å². The van der Waals surface area contributed by atoms with E-state index in [-0.39, 0.29) is 6.61 Å². The number of ether oxygens (including phenoxy) is 3. The van der Waals surface area contributed by atoms with Crippen molar-refractivity contribution >= 4 is 0 Å². The van der Waals surface area contributed by atoms with E-state index >= 15 is 0 Å². The fraction of sp³-hybridized carbons (Fsp3) is 0.538. The maximum absolute atomic E-state index is 9.94. The third kappa shape index (κ3) is 2.88. The van der Waals surface area contributed by atoms with Crippen molar-refractivity contribution in [3.8, 4) is 0 Å². The maximum atomic E-state index is 9.94. The van der Waals surface area contributed by atoms with E-state index in [2.05, 4.69) is 0 Å². The zero-order valence-electron chi connectivity index (χ0n) is 10.2. The van der Waals surface area contributed by atoms with E-state index < -0.39 is 24.6 Å². The Balaban J connectivity index is 1.95. The zero-order chi connectivity index (χ0) is 13.0. The molecule has 1 aromatic carbocycles. The Kier molecular flexibility index (Phi) is 4.68. The Bertz CT molecular complexity index is 354. The molecule has 2 rings (SSSR count). The molecule has 1 saturated heterocycles. The van der Waals surface area contributed by atoms with E-state index in [1.165, 1.54) is 7.11 Å². The fourth-order valence-electron chi connectivity index (χ4n) is 2.02. The predicted octanol–water partition coefficient (Wildman–Crippen LogP) is 0.296. The number of hydrogen-bond acceptors (Lipinski definition) is 5. The van der Waals surface area contributed by atoms with Gasteiger partial charge in [-0.3, -0.25) is 0 Å². The quantitative estimate of drug-likeness (QED) is 0.791. The van der Waals surface area contributed by atoms with Crippen molar-refractivity contribution in [2.24, 2.45) is 0 Å². The molecule has 18 heavy (non-hydrogen) atoms. The van der Waals surface area contributed by atoms with E-state index in [4.69, 9.17) is 14.2 Å². The monoisotopic (exact) mass is 254 g/mol. The van der Waals surface area contributed by atoms with E-state index in [0.717, 1.165) is 5.56 Å². The Morgan fingerprint density at radius 1 is 1.28 bits per heavy atom. The molecule has 0 spiro atoms. The summed E-state index contributed by atoms with van der Waals surface area (Å²) in [6.45, 7) is 0.148. The van der Waals surface area contributed by atoms with E-state index in [1.807, 2.05) is 30.3 Å². The number of rotatable bonds is 5. The minimum Gasteiger partial charge on any atom is -0.394 e. The van der Waals surface area contributed by atoms with Crippen LogP contribution in [0.1, 0.15) is 5.56 Å². The highest BCUT2D eigenvalue weighted by molar-refractivity contribution is 5.13. The van der Waals surface area contributed by atoms with E-state index in [1.54, 1.807) is 0 Å². The molecular formula is C13H18O5. The topological polar surface area (TPSA) is 68.2 Å². The van der Waals surface area contributed by atoms with Crippen LogP contribution in [0.25, 0.3) is 0 Å². The first-order valence-corrected chi connectivity index (χ1v) is 5.89. The number of aliphatic hydroxyl groups excluding tert-OH is 2. The highest BCUT2D eigenvalue weighted by Gasteiger charge is 2.44. The molecule has 4 atom stereocenters. The Labute approximate surface area is 106 Å². The lowest BCUT2D eigenvalue weighted by Gasteiger charge is -2.19. The lowest BCUT2D eigenvalue weighted by molar-refractivity contribution is -0.153. The van der Waals surface area contributed by atoms with Crippen LogP contribution in [0.4, 0.5) is 0 Å². The molecule has 0 saturated carbocycles. The van der Waals surface area contributed by atoms with Crippen molar-refractivity contribution in [1.82, 2.24) is 0 Å². The summed E-state index contributed by atoms with van der Waals surface area (Å²) in [6, 6.07) is 9.63. The van der Waals surface area contributed by atoms with Gasteiger partial charge in [-0.05, 0) is 5.56 Å². The van der Waals surface area contributed by atoms with Gasteiger partial charge in [-0.25, -0.2) is 0 Å². The van der Waals surface area contributed by atoms with Crippen LogP contribution in [0.2, 0.25) is 0 Å². The first-order valence-electron chi connectivity index (χ1n) is 5.89. The highest BCUT2D eigenvalue weighted by Crippen LogP contribution is 2.25. The number of methoxy groups -OCH3 is 1. The van der Waals surface area contributed by atoms with Crippen LogP contribution in [-0.4, -0.2) is 48.5 Å². The molecule has 0 bridgehead atoms. The second-order valence-corrected chi connectivity index (χ2v) is 4.21. The molecule has 1 heterocycles. The van der Waals surface area contributed by atoms with Gasteiger partial charge in [-0.1, -0.05) is 30.3 Å². The first kappa shape index (κ1) is 13.5. The highest BCUT2D eigenvalue weighted by atomic mass is 16.7. The number of benzene rings is 1. The average Bonchev–Trinajstić information content (AvgIpc) is 2.73. The van der Waals surface area contributed by atoms with E-state index in [0.29, 0.717) is 6.61 Å². The minimum absolute atomic E-state index is 0.212. The molecule has 1 aliphatic rings. The maximum Gasteiger partial charge on any atom is 0.186 e. The minimum atomic E-state index is -0.893. The molecule has 1 fully saturated rings. The van der Waals surface area contributed by atoms with E-state index in [9.17, 15) is 10.2 Å². The van der Waals surface area contributed by atoms with Crippen LogP contribution in [0, 0.1) is 0 Å². The first-order chi connectivity index (χ1) is 8.76. The van der Waals surface area contributed by atoms with Crippen LogP contribution in [-0.2, 0) is 20.8 Å². The summed E-state index contributed by atoms with van der Waals surface area (Å²) in [5, 5.41) is 19.1. The SMILES string of the molecule is CO[C@@H]1O[C@H](CO)C(OCc2ccccc2)[C@@H]1O. The molecular weight excluding hydrogens is 236 g/mol. The van der Waals surface area contributed by atoms with Crippen molar-refractivity contribution < 1.29 is 24.4 Å². The lowest BCUT2D eigenvalue weighted by Crippen LogP contribution is -2.36. The molecule has 5 heteroatoms. The average molecular weight is 254 g/mol. The van der Waals surface area contributed by atoms with Gasteiger partial charge < -0.3 is 24.4 Å². The van der Waals surface area contributed by atoms with Crippen molar-refractivity contribution in [2.75, 3.05) is 13.7 Å². The molecule has 1 aliphatic heterocycles. The lowest BCUT2D eigenvalue weighted by atomic mass is 10.1. The number of aliphatic hydroxyl groups is 2. The summed E-state index contributed by atoms with van der Waals surface area (Å²) >= 11 is 0. The molecule has 0 radical (unpaired) electrons. The predicted molar refractivity (Wildman–Crippen MR) is 63.8 cm³/mol. The van der Waals surface area contributed by atoms with Gasteiger partial charge in [-0.2, -0.15) is 0 Å². The van der Waals surface area contributed by atoms with Gasteiger partial charge in [0.05, 0.1) is 13.2 Å². The fourth-order valence-corrected chi connectivity index (χ4v) is 2.02. The Morgan fingerprint density at radius 2 is 2.00 bits per heavy atom. The summed E-state index contributed by atoms with van der Waals surface area (Å²) in [5.41, 5.74) is 1.00. The standard InChI is InChI=1S/C13H18O5/c1-16-13-11(15)12(10(7-14)18-13)17-8-9-5-3-2-4-6-9/h2-6,10-15H,7-8H2,1H3/t10-,11+,12?,13-/m1/s1. The van der Waals surface area contributed by atoms with Crippen molar-refractivity contribution in [2.45, 2.75) is 31.2 Å². The van der Waals surface area contributed by atoms with Crippen molar-refractivity contribution in [1.29, 1.82) is 0 Å². The summed E-state index contributed by atoms with van der Waals surface area (Å²) in [5.74, 6) is 0. The molecule has 5 nitrogen and oxygen atoms in total. The molecule has 1 unspecified atom stereocenters. The van der Waals surface area contributed by atoms with Gasteiger partial charge in [0, 0.05) is 7.11 Å². The molecule has 0 aromatic heterocycles. The molecule has 2 N–H and O–H groups in total. The van der Waals surface area contributed by atoms with Crippen LogP contribution >= 0.6 is 0 Å².